The van der Waals surface area contributed by atoms with Crippen molar-refractivity contribution in [2.24, 2.45) is 5.92 Å². The van der Waals surface area contributed by atoms with E-state index < -0.39 is 0 Å². The molecule has 0 saturated carbocycles. The molecule has 0 spiro atoms. The lowest BCUT2D eigenvalue weighted by Crippen LogP contribution is -2.46. The maximum Gasteiger partial charge on any atom is 0.315 e. The number of rotatable bonds is 6. The van der Waals surface area contributed by atoms with Crippen molar-refractivity contribution in [2.75, 3.05) is 6.61 Å². The topological polar surface area (TPSA) is 61.4 Å². The summed E-state index contributed by atoms with van der Waals surface area (Å²) in [5.41, 5.74) is 0. The Hall–Kier alpha value is -0.770. The average Bonchev–Trinajstić information content (AvgIpc) is 2.16. The zero-order chi connectivity index (χ0) is 11.8. The predicted molar refractivity (Wildman–Crippen MR) is 61.7 cm³/mol. The first-order valence-electron chi connectivity index (χ1n) is 5.69. The summed E-state index contributed by atoms with van der Waals surface area (Å²) in [7, 11) is 0. The van der Waals surface area contributed by atoms with Crippen LogP contribution in [0.3, 0.4) is 0 Å². The maximum atomic E-state index is 11.5. The predicted octanol–water partition coefficient (Wildman–Crippen LogP) is 1.49. The maximum absolute atomic E-state index is 11.5. The Morgan fingerprint density at radius 1 is 1.27 bits per heavy atom. The van der Waals surface area contributed by atoms with E-state index in [0.717, 1.165) is 6.42 Å². The normalized spacial score (nSPS) is 16.6. The van der Waals surface area contributed by atoms with Gasteiger partial charge in [-0.05, 0) is 26.2 Å². The summed E-state index contributed by atoms with van der Waals surface area (Å²) in [6.45, 7) is 8.20. The fraction of sp³-hybridized carbons (Fsp3) is 0.909. The summed E-state index contributed by atoms with van der Waals surface area (Å²) in [6, 6.07) is 0.0409. The van der Waals surface area contributed by atoms with Crippen LogP contribution in [0.1, 0.15) is 40.5 Å². The summed E-state index contributed by atoms with van der Waals surface area (Å²) in [6.07, 6.45) is 1.64. The molecule has 0 aromatic heterocycles. The number of hydrogen-bond acceptors (Lipinski definition) is 2. The van der Waals surface area contributed by atoms with Crippen LogP contribution in [-0.2, 0) is 0 Å². The van der Waals surface area contributed by atoms with Crippen LogP contribution in [0.2, 0.25) is 0 Å². The average molecular weight is 216 g/mol. The second-order valence-corrected chi connectivity index (χ2v) is 4.21. The van der Waals surface area contributed by atoms with Crippen LogP contribution in [-0.4, -0.2) is 29.8 Å². The van der Waals surface area contributed by atoms with Gasteiger partial charge in [-0.25, -0.2) is 4.79 Å². The second-order valence-electron chi connectivity index (χ2n) is 4.21. The molecule has 4 nitrogen and oxygen atoms in total. The van der Waals surface area contributed by atoms with Gasteiger partial charge in [-0.2, -0.15) is 0 Å². The standard InChI is InChI=1S/C11H24N2O2/c1-5-8(2)10(4)13-11(15)12-9(3)6-7-14/h8-10,14H,5-7H2,1-4H3,(H2,12,13,15)/t8?,9-,10?/m1/s1. The molecule has 0 aromatic rings. The SMILES string of the molecule is CCC(C)C(C)NC(=O)N[C@H](C)CCO. The van der Waals surface area contributed by atoms with Crippen molar-refractivity contribution >= 4 is 6.03 Å². The van der Waals surface area contributed by atoms with Gasteiger partial charge in [0.05, 0.1) is 0 Å². The summed E-state index contributed by atoms with van der Waals surface area (Å²) in [4.78, 5) is 11.5. The molecule has 0 aromatic carbocycles. The number of aliphatic hydroxyl groups excluding tert-OH is 1. The molecular formula is C11H24N2O2. The Bertz CT molecular complexity index is 185. The zero-order valence-electron chi connectivity index (χ0n) is 10.2. The molecule has 3 N–H and O–H groups in total. The van der Waals surface area contributed by atoms with Crippen LogP contribution < -0.4 is 10.6 Å². The number of amides is 2. The lowest BCUT2D eigenvalue weighted by Gasteiger charge is -2.21. The molecule has 0 aliphatic heterocycles. The summed E-state index contributed by atoms with van der Waals surface area (Å²) < 4.78 is 0. The van der Waals surface area contributed by atoms with Crippen molar-refractivity contribution in [1.29, 1.82) is 0 Å². The molecule has 90 valence electrons. The molecule has 2 unspecified atom stereocenters. The highest BCUT2D eigenvalue weighted by molar-refractivity contribution is 5.74. The van der Waals surface area contributed by atoms with Crippen molar-refractivity contribution in [3.8, 4) is 0 Å². The highest BCUT2D eigenvalue weighted by atomic mass is 16.3. The van der Waals surface area contributed by atoms with E-state index in [1.54, 1.807) is 0 Å². The van der Waals surface area contributed by atoms with E-state index in [1.165, 1.54) is 0 Å². The number of carbonyl (C=O) groups is 1. The smallest absolute Gasteiger partial charge is 0.315 e. The van der Waals surface area contributed by atoms with E-state index >= 15 is 0 Å². The van der Waals surface area contributed by atoms with E-state index in [2.05, 4.69) is 24.5 Å². The Morgan fingerprint density at radius 2 is 1.87 bits per heavy atom. The highest BCUT2D eigenvalue weighted by Crippen LogP contribution is 2.06. The molecule has 4 heteroatoms. The third-order valence-corrected chi connectivity index (χ3v) is 2.80. The Kier molecular flexibility index (Phi) is 7.13. The van der Waals surface area contributed by atoms with Crippen molar-refractivity contribution < 1.29 is 9.90 Å². The van der Waals surface area contributed by atoms with Gasteiger partial charge >= 0.3 is 6.03 Å². The molecular weight excluding hydrogens is 192 g/mol. The number of urea groups is 1. The van der Waals surface area contributed by atoms with Gasteiger partial charge in [0.1, 0.15) is 0 Å². The van der Waals surface area contributed by atoms with Crippen molar-refractivity contribution in [3.63, 3.8) is 0 Å². The number of hydrogen-bond donors (Lipinski definition) is 3. The van der Waals surface area contributed by atoms with Crippen LogP contribution in [0.15, 0.2) is 0 Å². The van der Waals surface area contributed by atoms with Gasteiger partial charge in [0, 0.05) is 18.7 Å². The van der Waals surface area contributed by atoms with Gasteiger partial charge < -0.3 is 15.7 Å². The first-order valence-corrected chi connectivity index (χ1v) is 5.69. The summed E-state index contributed by atoms with van der Waals surface area (Å²) in [5, 5.41) is 14.4. The second kappa shape index (κ2) is 7.51. The molecule has 2 amide bonds. The van der Waals surface area contributed by atoms with Gasteiger partial charge in [-0.3, -0.25) is 0 Å². The molecule has 0 saturated heterocycles. The number of nitrogens with one attached hydrogen (secondary N) is 2. The van der Waals surface area contributed by atoms with Crippen molar-refractivity contribution in [1.82, 2.24) is 10.6 Å². The minimum atomic E-state index is -0.149. The molecule has 0 bridgehead atoms. The van der Waals surface area contributed by atoms with Gasteiger partial charge in [0.2, 0.25) is 0 Å². The molecule has 0 radical (unpaired) electrons. The third-order valence-electron chi connectivity index (χ3n) is 2.80. The van der Waals surface area contributed by atoms with Gasteiger partial charge in [0.15, 0.2) is 0 Å². The van der Waals surface area contributed by atoms with Gasteiger partial charge in [0.25, 0.3) is 0 Å². The van der Waals surface area contributed by atoms with Crippen molar-refractivity contribution in [2.45, 2.75) is 52.6 Å². The lowest BCUT2D eigenvalue weighted by atomic mass is 10.0. The van der Waals surface area contributed by atoms with Crippen LogP contribution in [0.25, 0.3) is 0 Å². The van der Waals surface area contributed by atoms with Crippen molar-refractivity contribution in [3.05, 3.63) is 0 Å². The third kappa shape index (κ3) is 6.33. The monoisotopic (exact) mass is 216 g/mol. The fourth-order valence-corrected chi connectivity index (χ4v) is 1.23. The van der Waals surface area contributed by atoms with E-state index in [4.69, 9.17) is 5.11 Å². The molecule has 3 atom stereocenters. The van der Waals surface area contributed by atoms with E-state index in [0.29, 0.717) is 12.3 Å². The molecule has 0 rings (SSSR count). The minimum Gasteiger partial charge on any atom is -0.396 e. The summed E-state index contributed by atoms with van der Waals surface area (Å²) >= 11 is 0. The Labute approximate surface area is 92.4 Å². The summed E-state index contributed by atoms with van der Waals surface area (Å²) in [5.74, 6) is 0.476. The zero-order valence-corrected chi connectivity index (χ0v) is 10.2. The van der Waals surface area contributed by atoms with Crippen LogP contribution in [0.5, 0.6) is 0 Å². The number of aliphatic hydroxyl groups is 1. The molecule has 0 aliphatic carbocycles. The quantitative estimate of drug-likeness (QED) is 0.630. The highest BCUT2D eigenvalue weighted by Gasteiger charge is 2.13. The van der Waals surface area contributed by atoms with Crippen LogP contribution >= 0.6 is 0 Å². The minimum absolute atomic E-state index is 0.0131. The fourth-order valence-electron chi connectivity index (χ4n) is 1.23. The van der Waals surface area contributed by atoms with Gasteiger partial charge in [-0.1, -0.05) is 20.3 Å². The molecule has 15 heavy (non-hydrogen) atoms. The molecule has 0 aliphatic rings. The van der Waals surface area contributed by atoms with Gasteiger partial charge in [-0.15, -0.1) is 0 Å². The van der Waals surface area contributed by atoms with Crippen LogP contribution in [0.4, 0.5) is 4.79 Å². The first-order chi connectivity index (χ1) is 7.01. The van der Waals surface area contributed by atoms with Crippen LogP contribution in [0, 0.1) is 5.92 Å². The largest absolute Gasteiger partial charge is 0.396 e. The van der Waals surface area contributed by atoms with E-state index in [-0.39, 0.29) is 24.7 Å². The molecule has 0 heterocycles. The lowest BCUT2D eigenvalue weighted by molar-refractivity contribution is 0.224. The van der Waals surface area contributed by atoms with E-state index in [1.807, 2.05) is 13.8 Å². The van der Waals surface area contributed by atoms with E-state index in [9.17, 15) is 4.79 Å². The first kappa shape index (κ1) is 14.2. The Morgan fingerprint density at radius 3 is 2.33 bits per heavy atom. The Balaban J connectivity index is 3.82. The molecule has 0 fully saturated rings. The number of carbonyl (C=O) groups excluding carboxylic acids is 1.